The molecule has 0 bridgehead atoms. The number of nitrogens with one attached hydrogen (secondary N) is 2. The van der Waals surface area contributed by atoms with E-state index in [0.717, 1.165) is 45.5 Å². The Kier molecular flexibility index (Phi) is 4.28. The van der Waals surface area contributed by atoms with Crippen LogP contribution < -0.4 is 10.1 Å². The van der Waals surface area contributed by atoms with Gasteiger partial charge in [-0.15, -0.1) is 0 Å². The van der Waals surface area contributed by atoms with Crippen LogP contribution in [-0.2, 0) is 6.42 Å². The number of carbonyl (C=O) groups excluding carboxylic acids is 1. The maximum atomic E-state index is 12.5. The molecule has 5 nitrogen and oxygen atoms in total. The molecule has 29 heavy (non-hydrogen) atoms. The van der Waals surface area contributed by atoms with E-state index in [0.29, 0.717) is 12.1 Å². The number of nitrogens with zero attached hydrogens (tertiary/aromatic N) is 1. The largest absolute Gasteiger partial charge is 0.488 e. The summed E-state index contributed by atoms with van der Waals surface area (Å²) in [5.41, 5.74) is 5.93. The van der Waals surface area contributed by atoms with Crippen molar-refractivity contribution in [2.75, 3.05) is 6.54 Å². The van der Waals surface area contributed by atoms with Crippen molar-refractivity contribution in [3.8, 4) is 17.0 Å². The van der Waals surface area contributed by atoms with Crippen molar-refractivity contribution < 1.29 is 9.53 Å². The molecule has 0 fully saturated rings. The highest BCUT2D eigenvalue weighted by Crippen LogP contribution is 2.32. The van der Waals surface area contributed by atoms with E-state index >= 15 is 0 Å². The summed E-state index contributed by atoms with van der Waals surface area (Å²) in [6.45, 7) is 2.50. The highest BCUT2D eigenvalue weighted by molar-refractivity contribution is 5.97. The first-order chi connectivity index (χ1) is 14.2. The summed E-state index contributed by atoms with van der Waals surface area (Å²) in [6, 6.07) is 17.9. The van der Waals surface area contributed by atoms with E-state index in [-0.39, 0.29) is 12.0 Å². The van der Waals surface area contributed by atoms with Crippen LogP contribution in [0.4, 0.5) is 0 Å². The van der Waals surface area contributed by atoms with E-state index in [9.17, 15) is 4.79 Å². The van der Waals surface area contributed by atoms with Gasteiger partial charge in [-0.2, -0.15) is 0 Å². The molecule has 0 radical (unpaired) electrons. The number of hydrogen-bond acceptors (Lipinski definition) is 3. The Labute approximate surface area is 168 Å². The molecule has 144 valence electrons. The number of hydrogen-bond donors (Lipinski definition) is 2. The van der Waals surface area contributed by atoms with Crippen LogP contribution in [0.15, 0.2) is 67.0 Å². The lowest BCUT2D eigenvalue weighted by molar-refractivity contribution is 0.0933. The lowest BCUT2D eigenvalue weighted by Gasteiger charge is -2.12. The van der Waals surface area contributed by atoms with Crippen LogP contribution in [0.2, 0.25) is 0 Å². The molecule has 0 aliphatic carbocycles. The van der Waals surface area contributed by atoms with Crippen LogP contribution in [-0.4, -0.2) is 28.5 Å². The van der Waals surface area contributed by atoms with Gasteiger partial charge in [0.25, 0.3) is 5.91 Å². The highest BCUT2D eigenvalue weighted by Gasteiger charge is 2.24. The smallest absolute Gasteiger partial charge is 0.251 e. The highest BCUT2D eigenvalue weighted by atomic mass is 16.5. The predicted molar refractivity (Wildman–Crippen MR) is 113 cm³/mol. The fraction of sp³-hybridized carbons (Fsp3) is 0.167. The third-order valence-corrected chi connectivity index (χ3v) is 5.32. The SMILES string of the molecule is Cc1ccc(-c2ccc3c(c2)C[C@@H](CNC(=O)c2ccc4cc[nH]c4c2)O3)nc1. The van der Waals surface area contributed by atoms with Crippen LogP contribution in [0.1, 0.15) is 21.5 Å². The zero-order valence-electron chi connectivity index (χ0n) is 16.1. The van der Waals surface area contributed by atoms with Crippen LogP contribution in [0.25, 0.3) is 22.2 Å². The van der Waals surface area contributed by atoms with Crippen molar-refractivity contribution in [1.29, 1.82) is 0 Å². The second-order valence-corrected chi connectivity index (χ2v) is 7.48. The summed E-state index contributed by atoms with van der Waals surface area (Å²) in [5, 5.41) is 4.09. The fourth-order valence-electron chi connectivity index (χ4n) is 3.73. The second-order valence-electron chi connectivity index (χ2n) is 7.48. The van der Waals surface area contributed by atoms with E-state index in [4.69, 9.17) is 4.74 Å². The van der Waals surface area contributed by atoms with Gasteiger partial charge in [0.05, 0.1) is 12.2 Å². The van der Waals surface area contributed by atoms with Crippen LogP contribution in [0.3, 0.4) is 0 Å². The molecular weight excluding hydrogens is 362 g/mol. The zero-order valence-corrected chi connectivity index (χ0v) is 16.1. The Balaban J connectivity index is 1.24. The first kappa shape index (κ1) is 17.5. The number of benzene rings is 2. The lowest BCUT2D eigenvalue weighted by atomic mass is 10.0. The number of carbonyl (C=O) groups is 1. The normalized spacial score (nSPS) is 15.1. The molecule has 1 aliphatic rings. The van der Waals surface area contributed by atoms with Gasteiger partial charge in [-0.3, -0.25) is 9.78 Å². The van der Waals surface area contributed by atoms with Gasteiger partial charge >= 0.3 is 0 Å². The summed E-state index contributed by atoms with van der Waals surface area (Å²) >= 11 is 0. The van der Waals surface area contributed by atoms with Crippen molar-refractivity contribution in [1.82, 2.24) is 15.3 Å². The fourth-order valence-corrected chi connectivity index (χ4v) is 3.73. The molecule has 2 aromatic carbocycles. The van der Waals surface area contributed by atoms with Gasteiger partial charge in [0.15, 0.2) is 0 Å². The molecule has 2 aromatic heterocycles. The molecule has 5 rings (SSSR count). The number of fused-ring (bicyclic) bond motifs is 2. The van der Waals surface area contributed by atoms with Crippen LogP contribution in [0.5, 0.6) is 5.75 Å². The van der Waals surface area contributed by atoms with E-state index < -0.39 is 0 Å². The zero-order chi connectivity index (χ0) is 19.8. The first-order valence-electron chi connectivity index (χ1n) is 9.74. The van der Waals surface area contributed by atoms with Crippen LogP contribution >= 0.6 is 0 Å². The molecule has 5 heteroatoms. The van der Waals surface area contributed by atoms with Crippen molar-refractivity contribution in [2.24, 2.45) is 0 Å². The molecule has 4 aromatic rings. The van der Waals surface area contributed by atoms with Crippen molar-refractivity contribution in [2.45, 2.75) is 19.4 Å². The summed E-state index contributed by atoms with van der Waals surface area (Å²) in [6.07, 6.45) is 4.45. The molecule has 0 spiro atoms. The van der Waals surface area contributed by atoms with Gasteiger partial charge < -0.3 is 15.0 Å². The number of aryl methyl sites for hydroxylation is 1. The Morgan fingerprint density at radius 3 is 2.97 bits per heavy atom. The molecule has 1 atom stereocenters. The topological polar surface area (TPSA) is 67.0 Å². The number of pyridine rings is 1. The molecule has 0 saturated carbocycles. The molecule has 0 saturated heterocycles. The molecule has 1 amide bonds. The monoisotopic (exact) mass is 383 g/mol. The Morgan fingerprint density at radius 2 is 2.10 bits per heavy atom. The first-order valence-corrected chi connectivity index (χ1v) is 9.74. The van der Waals surface area contributed by atoms with Crippen molar-refractivity contribution in [3.05, 3.63) is 83.7 Å². The standard InChI is InChI=1S/C24H21N3O2/c1-15-2-6-21(26-13-15)17-5-7-23-19(10-17)11-20(29-23)14-27-24(28)18-4-3-16-8-9-25-22(16)12-18/h2-10,12-13,20,25H,11,14H2,1H3,(H,27,28)/t20-/m0/s1. The predicted octanol–water partition coefficient (Wildman–Crippen LogP) is 4.27. The van der Waals surface area contributed by atoms with Gasteiger partial charge in [-0.05, 0) is 65.9 Å². The lowest BCUT2D eigenvalue weighted by Crippen LogP contribution is -2.34. The number of H-pyrrole nitrogens is 1. The Morgan fingerprint density at radius 1 is 1.17 bits per heavy atom. The number of aromatic amines is 1. The number of ether oxygens (including phenoxy) is 1. The van der Waals surface area contributed by atoms with E-state index in [1.54, 1.807) is 0 Å². The third kappa shape index (κ3) is 3.47. The van der Waals surface area contributed by atoms with E-state index in [2.05, 4.69) is 27.4 Å². The Bertz CT molecular complexity index is 1190. The number of rotatable bonds is 4. The van der Waals surface area contributed by atoms with Gasteiger partial charge in [0.2, 0.25) is 0 Å². The molecule has 1 aliphatic heterocycles. The molecule has 2 N–H and O–H groups in total. The van der Waals surface area contributed by atoms with Crippen molar-refractivity contribution >= 4 is 16.8 Å². The van der Waals surface area contributed by atoms with Gasteiger partial charge in [-0.25, -0.2) is 0 Å². The van der Waals surface area contributed by atoms with Gasteiger partial charge in [0, 0.05) is 35.5 Å². The summed E-state index contributed by atoms with van der Waals surface area (Å²) < 4.78 is 6.02. The van der Waals surface area contributed by atoms with Gasteiger partial charge in [-0.1, -0.05) is 12.1 Å². The third-order valence-electron chi connectivity index (χ3n) is 5.32. The summed E-state index contributed by atoms with van der Waals surface area (Å²) in [7, 11) is 0. The van der Waals surface area contributed by atoms with Gasteiger partial charge in [0.1, 0.15) is 11.9 Å². The van der Waals surface area contributed by atoms with Crippen molar-refractivity contribution in [3.63, 3.8) is 0 Å². The Hall–Kier alpha value is -3.60. The maximum absolute atomic E-state index is 12.5. The minimum absolute atomic E-state index is 0.0654. The molecular formula is C24H21N3O2. The van der Waals surface area contributed by atoms with E-state index in [1.807, 2.05) is 61.8 Å². The number of aromatic nitrogens is 2. The molecule has 0 unspecified atom stereocenters. The minimum Gasteiger partial charge on any atom is -0.488 e. The average Bonchev–Trinajstić information content (AvgIpc) is 3.37. The maximum Gasteiger partial charge on any atom is 0.251 e. The molecule has 3 heterocycles. The number of amides is 1. The summed E-state index contributed by atoms with van der Waals surface area (Å²) in [5.74, 6) is 0.790. The second kappa shape index (κ2) is 7.09. The average molecular weight is 383 g/mol. The van der Waals surface area contributed by atoms with E-state index in [1.165, 1.54) is 0 Å². The summed E-state index contributed by atoms with van der Waals surface area (Å²) in [4.78, 5) is 20.2. The van der Waals surface area contributed by atoms with Crippen LogP contribution in [0, 0.1) is 6.92 Å². The minimum atomic E-state index is -0.0920. The quantitative estimate of drug-likeness (QED) is 0.553.